The fraction of sp³-hybridized carbons (Fsp3) is 0.500. The summed E-state index contributed by atoms with van der Waals surface area (Å²) < 4.78 is 0. The number of halogens is 2. The van der Waals surface area contributed by atoms with Gasteiger partial charge in [0, 0.05) is 61.8 Å². The number of guanidine groups is 1. The number of benzene rings is 1. The van der Waals surface area contributed by atoms with Gasteiger partial charge in [-0.05, 0) is 37.5 Å². The summed E-state index contributed by atoms with van der Waals surface area (Å²) in [5.74, 6) is 0.888. The first-order chi connectivity index (χ1) is 13.1. The summed E-state index contributed by atoms with van der Waals surface area (Å²) in [6.45, 7) is 6.12. The highest BCUT2D eigenvalue weighted by molar-refractivity contribution is 14.0. The molecule has 1 aliphatic heterocycles. The van der Waals surface area contributed by atoms with Crippen molar-refractivity contribution in [2.24, 2.45) is 4.99 Å². The van der Waals surface area contributed by atoms with Crippen molar-refractivity contribution in [3.8, 4) is 0 Å². The Morgan fingerprint density at radius 3 is 2.61 bits per heavy atom. The lowest BCUT2D eigenvalue weighted by Gasteiger charge is -2.33. The molecule has 1 aromatic carbocycles. The van der Waals surface area contributed by atoms with Gasteiger partial charge < -0.3 is 10.6 Å². The maximum Gasteiger partial charge on any atom is 0.191 e. The molecular formula is C20H29ClIN5S. The maximum absolute atomic E-state index is 5.97. The molecule has 2 aromatic rings. The predicted molar refractivity (Wildman–Crippen MR) is 130 cm³/mol. The molecule has 0 amide bonds. The van der Waals surface area contributed by atoms with Crippen LogP contribution in [0.1, 0.15) is 28.3 Å². The first-order valence-corrected chi connectivity index (χ1v) is 10.7. The molecular weight excluding hydrogens is 505 g/mol. The second-order valence-electron chi connectivity index (χ2n) is 6.93. The van der Waals surface area contributed by atoms with Gasteiger partial charge in [0.15, 0.2) is 5.96 Å². The Morgan fingerprint density at radius 2 is 2.00 bits per heavy atom. The van der Waals surface area contributed by atoms with Crippen molar-refractivity contribution in [2.45, 2.75) is 38.8 Å². The summed E-state index contributed by atoms with van der Waals surface area (Å²) in [6.07, 6.45) is 5.11. The van der Waals surface area contributed by atoms with Crippen molar-refractivity contribution in [2.75, 3.05) is 26.7 Å². The van der Waals surface area contributed by atoms with Crippen LogP contribution in [0, 0.1) is 6.92 Å². The summed E-state index contributed by atoms with van der Waals surface area (Å²) in [6, 6.07) is 8.63. The third-order valence-electron chi connectivity index (χ3n) is 4.77. The Balaban J connectivity index is 0.00000280. The Morgan fingerprint density at radius 1 is 1.29 bits per heavy atom. The zero-order chi connectivity index (χ0) is 19.1. The number of nitrogens with zero attached hydrogens (tertiary/aromatic N) is 3. The molecule has 0 atom stereocenters. The molecule has 28 heavy (non-hydrogen) atoms. The second-order valence-corrected chi connectivity index (χ2v) is 8.69. The molecule has 2 heterocycles. The van der Waals surface area contributed by atoms with E-state index < -0.39 is 0 Å². The maximum atomic E-state index is 5.97. The number of aromatic nitrogens is 1. The number of aliphatic imine (C=N–C) groups is 1. The molecule has 0 unspecified atom stereocenters. The summed E-state index contributed by atoms with van der Waals surface area (Å²) in [7, 11) is 1.83. The largest absolute Gasteiger partial charge is 0.356 e. The summed E-state index contributed by atoms with van der Waals surface area (Å²) in [4.78, 5) is 12.5. The minimum atomic E-state index is 0. The number of piperidine rings is 1. The van der Waals surface area contributed by atoms with E-state index in [0.29, 0.717) is 6.04 Å². The quantitative estimate of drug-likeness (QED) is 0.334. The monoisotopic (exact) mass is 533 g/mol. The fourth-order valence-electron chi connectivity index (χ4n) is 3.28. The molecule has 0 bridgehead atoms. The predicted octanol–water partition coefficient (Wildman–Crippen LogP) is 4.10. The van der Waals surface area contributed by atoms with Gasteiger partial charge in [-0.25, -0.2) is 4.98 Å². The first-order valence-electron chi connectivity index (χ1n) is 9.47. The number of likely N-dealkylation sites (tertiary alicyclic amines) is 1. The van der Waals surface area contributed by atoms with E-state index >= 15 is 0 Å². The molecule has 154 valence electrons. The number of hydrogen-bond donors (Lipinski definition) is 2. The van der Waals surface area contributed by atoms with Gasteiger partial charge in [-0.3, -0.25) is 9.89 Å². The smallest absolute Gasteiger partial charge is 0.191 e. The molecule has 0 radical (unpaired) electrons. The van der Waals surface area contributed by atoms with Crippen LogP contribution < -0.4 is 10.6 Å². The van der Waals surface area contributed by atoms with Crippen molar-refractivity contribution >= 4 is 52.9 Å². The Kier molecular flexibility index (Phi) is 9.98. The molecule has 0 aliphatic carbocycles. The highest BCUT2D eigenvalue weighted by atomic mass is 127. The molecule has 0 saturated carbocycles. The number of rotatable bonds is 6. The standard InChI is InChI=1S/C20H28ClN5S.HI/c1-15-13-24-19(27-15)7-10-23-20(22-2)25-18-8-11-26(12-9-18)14-16-3-5-17(21)6-4-16;/h3-6,13,18H,7-12,14H2,1-2H3,(H2,22,23,25);1H. The van der Waals surface area contributed by atoms with E-state index in [1.807, 2.05) is 25.4 Å². The van der Waals surface area contributed by atoms with Crippen molar-refractivity contribution in [1.29, 1.82) is 0 Å². The van der Waals surface area contributed by atoms with Crippen LogP contribution in [0.5, 0.6) is 0 Å². The van der Waals surface area contributed by atoms with E-state index in [0.717, 1.165) is 56.4 Å². The van der Waals surface area contributed by atoms with E-state index in [1.165, 1.54) is 15.4 Å². The molecule has 3 rings (SSSR count). The highest BCUT2D eigenvalue weighted by Crippen LogP contribution is 2.16. The summed E-state index contributed by atoms with van der Waals surface area (Å²) in [5.41, 5.74) is 1.32. The Bertz CT molecular complexity index is 741. The SMILES string of the molecule is CN=C(NCCc1ncc(C)s1)NC1CCN(Cc2ccc(Cl)cc2)CC1.I. The van der Waals surface area contributed by atoms with Gasteiger partial charge in [0.2, 0.25) is 0 Å². The lowest BCUT2D eigenvalue weighted by Crippen LogP contribution is -2.48. The number of nitrogens with one attached hydrogen (secondary N) is 2. The van der Waals surface area contributed by atoms with E-state index in [9.17, 15) is 0 Å². The normalized spacial score (nSPS) is 15.9. The van der Waals surface area contributed by atoms with Gasteiger partial charge in [0.1, 0.15) is 0 Å². The minimum absolute atomic E-state index is 0. The molecule has 8 heteroatoms. The lowest BCUT2D eigenvalue weighted by atomic mass is 10.0. The summed E-state index contributed by atoms with van der Waals surface area (Å²) in [5, 5.41) is 8.95. The minimum Gasteiger partial charge on any atom is -0.356 e. The number of hydrogen-bond acceptors (Lipinski definition) is 4. The van der Waals surface area contributed by atoms with Gasteiger partial charge in [0.25, 0.3) is 0 Å². The molecule has 1 aromatic heterocycles. The third-order valence-corrected chi connectivity index (χ3v) is 6.00. The third kappa shape index (κ3) is 7.50. The van der Waals surface area contributed by atoms with Crippen LogP contribution in [-0.2, 0) is 13.0 Å². The Hall–Kier alpha value is -0.900. The van der Waals surface area contributed by atoms with E-state index in [4.69, 9.17) is 11.6 Å². The zero-order valence-electron chi connectivity index (χ0n) is 16.4. The van der Waals surface area contributed by atoms with Crippen molar-refractivity contribution in [3.63, 3.8) is 0 Å². The van der Waals surface area contributed by atoms with Crippen molar-refractivity contribution < 1.29 is 0 Å². The van der Waals surface area contributed by atoms with Gasteiger partial charge in [-0.1, -0.05) is 23.7 Å². The highest BCUT2D eigenvalue weighted by Gasteiger charge is 2.20. The van der Waals surface area contributed by atoms with Crippen molar-refractivity contribution in [1.82, 2.24) is 20.5 Å². The molecule has 5 nitrogen and oxygen atoms in total. The lowest BCUT2D eigenvalue weighted by molar-refractivity contribution is 0.198. The average molecular weight is 534 g/mol. The average Bonchev–Trinajstić information content (AvgIpc) is 3.09. The van der Waals surface area contributed by atoms with E-state index in [1.54, 1.807) is 11.3 Å². The van der Waals surface area contributed by atoms with E-state index in [2.05, 4.69) is 44.6 Å². The zero-order valence-corrected chi connectivity index (χ0v) is 20.4. The Labute approximate surface area is 194 Å². The number of thiazole rings is 1. The second kappa shape index (κ2) is 11.9. The van der Waals surface area contributed by atoms with Crippen LogP contribution in [0.3, 0.4) is 0 Å². The summed E-state index contributed by atoms with van der Waals surface area (Å²) >= 11 is 7.73. The molecule has 1 aliphatic rings. The van der Waals surface area contributed by atoms with E-state index in [-0.39, 0.29) is 24.0 Å². The molecule has 0 spiro atoms. The van der Waals surface area contributed by atoms with Crippen molar-refractivity contribution in [3.05, 3.63) is 50.9 Å². The van der Waals surface area contributed by atoms with Gasteiger partial charge in [-0.15, -0.1) is 35.3 Å². The van der Waals surface area contributed by atoms with Gasteiger partial charge in [-0.2, -0.15) is 0 Å². The number of aryl methyl sites for hydroxylation is 1. The first kappa shape index (κ1) is 23.4. The van der Waals surface area contributed by atoms with Gasteiger partial charge in [0.05, 0.1) is 5.01 Å². The molecule has 1 saturated heterocycles. The van der Waals surface area contributed by atoms with Crippen LogP contribution in [0.4, 0.5) is 0 Å². The van der Waals surface area contributed by atoms with Crippen LogP contribution in [0.25, 0.3) is 0 Å². The topological polar surface area (TPSA) is 52.6 Å². The van der Waals surface area contributed by atoms with Gasteiger partial charge >= 0.3 is 0 Å². The molecule has 2 N–H and O–H groups in total. The molecule has 1 fully saturated rings. The van der Waals surface area contributed by atoms with Crippen LogP contribution in [0.2, 0.25) is 5.02 Å². The van der Waals surface area contributed by atoms with Crippen LogP contribution in [-0.4, -0.2) is 48.6 Å². The van der Waals surface area contributed by atoms with Crippen LogP contribution in [0.15, 0.2) is 35.5 Å². The van der Waals surface area contributed by atoms with Crippen LogP contribution >= 0.6 is 46.9 Å². The fourth-order valence-corrected chi connectivity index (χ4v) is 4.19.